The highest BCUT2D eigenvalue weighted by atomic mass is 32.2. The lowest BCUT2D eigenvalue weighted by molar-refractivity contribution is 0.0526. The van der Waals surface area contributed by atoms with Crippen LogP contribution in [0, 0.1) is 12.3 Å². The maximum atomic E-state index is 12.5. The first kappa shape index (κ1) is 26.9. The zero-order chi connectivity index (χ0) is 27.9. The van der Waals surface area contributed by atoms with E-state index in [0.717, 1.165) is 55.8 Å². The highest BCUT2D eigenvalue weighted by Gasteiger charge is 2.44. The predicted molar refractivity (Wildman–Crippen MR) is 155 cm³/mol. The van der Waals surface area contributed by atoms with Crippen LogP contribution in [0.3, 0.4) is 0 Å². The average molecular weight is 569 g/mol. The highest BCUT2D eigenvalue weighted by molar-refractivity contribution is 7.92. The minimum absolute atomic E-state index is 0.103. The first-order valence-corrected chi connectivity index (χ1v) is 15.5. The van der Waals surface area contributed by atoms with Gasteiger partial charge in [0, 0.05) is 37.9 Å². The number of hydrogen-bond donors (Lipinski definition) is 3. The van der Waals surface area contributed by atoms with Crippen molar-refractivity contribution in [3.05, 3.63) is 30.2 Å². The van der Waals surface area contributed by atoms with E-state index < -0.39 is 16.6 Å². The van der Waals surface area contributed by atoms with Crippen LogP contribution in [-0.4, -0.2) is 84.7 Å². The number of piperidine rings is 1. The molecule has 3 aromatic rings. The van der Waals surface area contributed by atoms with Gasteiger partial charge in [-0.15, -0.1) is 0 Å². The summed E-state index contributed by atoms with van der Waals surface area (Å²) in [6.45, 7) is 7.35. The molecule has 0 bridgehead atoms. The van der Waals surface area contributed by atoms with Crippen LogP contribution in [0.4, 0.5) is 29.0 Å². The monoisotopic (exact) mass is 568 g/mol. The Balaban J connectivity index is 1.38. The number of hydrogen-bond acceptors (Lipinski definition) is 11. The number of aryl methyl sites for hydroxylation is 1. The predicted octanol–water partition coefficient (Wildman–Crippen LogP) is 2.81. The summed E-state index contributed by atoms with van der Waals surface area (Å²) < 4.78 is 33.3. The Morgan fingerprint density at radius 1 is 1.07 bits per heavy atom. The summed E-state index contributed by atoms with van der Waals surface area (Å²) in [6.07, 6.45) is 6.36. The van der Waals surface area contributed by atoms with Crippen molar-refractivity contribution in [2.24, 2.45) is 5.41 Å². The summed E-state index contributed by atoms with van der Waals surface area (Å²) in [5.41, 5.74) is 3.20. The van der Waals surface area contributed by atoms with E-state index in [1.807, 2.05) is 26.0 Å². The fourth-order valence-corrected chi connectivity index (χ4v) is 6.52. The third-order valence-corrected chi connectivity index (χ3v) is 9.35. The second-order valence-corrected chi connectivity index (χ2v) is 13.0. The maximum Gasteiger partial charge on any atom is 0.234 e. The lowest BCUT2D eigenvalue weighted by Crippen LogP contribution is -2.42. The standard InChI is InChI=1S/C27H36N8O4S/c1-18-13-23(32-26(30-18)35-9-11-39-19(2)16-35)31-25-24-21(28-17-29-25)14-20(33-40(37,38)12-10-36)15-22(24)34-7-5-27(3-4-27)6-8-34/h13-15,17,19,33,36H,3-12,16H2,1-2H3,(H,28,29,30,31,32)/t19-/m1/s1. The van der Waals surface area contributed by atoms with Gasteiger partial charge in [0.05, 0.1) is 47.3 Å². The van der Waals surface area contributed by atoms with Gasteiger partial charge in [0.25, 0.3) is 0 Å². The van der Waals surface area contributed by atoms with E-state index in [9.17, 15) is 13.5 Å². The van der Waals surface area contributed by atoms with Crippen molar-refractivity contribution in [3.8, 4) is 0 Å². The molecule has 0 amide bonds. The van der Waals surface area contributed by atoms with Crippen LogP contribution in [0.15, 0.2) is 24.5 Å². The molecule has 1 aromatic carbocycles. The van der Waals surface area contributed by atoms with E-state index in [4.69, 9.17) is 9.72 Å². The summed E-state index contributed by atoms with van der Waals surface area (Å²) in [4.78, 5) is 23.0. The molecule has 12 nitrogen and oxygen atoms in total. The molecule has 1 spiro atoms. The molecular weight excluding hydrogens is 532 g/mol. The van der Waals surface area contributed by atoms with E-state index in [-0.39, 0.29) is 11.9 Å². The van der Waals surface area contributed by atoms with Crippen molar-refractivity contribution in [3.63, 3.8) is 0 Å². The smallest absolute Gasteiger partial charge is 0.234 e. The fraction of sp³-hybridized carbons (Fsp3) is 0.556. The quantitative estimate of drug-likeness (QED) is 0.369. The number of sulfonamides is 1. The van der Waals surface area contributed by atoms with Gasteiger partial charge in [0.1, 0.15) is 18.0 Å². The average Bonchev–Trinajstić information content (AvgIpc) is 3.66. The zero-order valence-electron chi connectivity index (χ0n) is 22.9. The summed E-state index contributed by atoms with van der Waals surface area (Å²) in [5, 5.41) is 13.4. The molecule has 13 heteroatoms. The van der Waals surface area contributed by atoms with E-state index in [1.165, 1.54) is 19.2 Å². The van der Waals surface area contributed by atoms with Gasteiger partial charge in [-0.3, -0.25) is 4.72 Å². The Hall–Kier alpha value is -3.29. The zero-order valence-corrected chi connectivity index (χ0v) is 23.7. The van der Waals surface area contributed by atoms with Crippen molar-refractivity contribution in [1.29, 1.82) is 0 Å². The summed E-state index contributed by atoms with van der Waals surface area (Å²) in [6, 6.07) is 5.44. The van der Waals surface area contributed by atoms with Gasteiger partial charge in [-0.05, 0) is 57.1 Å². The van der Waals surface area contributed by atoms with E-state index in [2.05, 4.69) is 34.8 Å². The number of aliphatic hydroxyl groups is 1. The third-order valence-electron chi connectivity index (χ3n) is 8.09. The van der Waals surface area contributed by atoms with Crippen molar-refractivity contribution < 1.29 is 18.3 Å². The van der Waals surface area contributed by atoms with Crippen LogP contribution in [0.1, 0.15) is 38.3 Å². The van der Waals surface area contributed by atoms with Crippen LogP contribution in [0.5, 0.6) is 0 Å². The molecule has 3 fully saturated rings. The second-order valence-electron chi connectivity index (χ2n) is 11.2. The third kappa shape index (κ3) is 5.77. The molecule has 2 aromatic heterocycles. The minimum Gasteiger partial charge on any atom is -0.395 e. The topological polar surface area (TPSA) is 146 Å². The molecule has 2 saturated heterocycles. The lowest BCUT2D eigenvalue weighted by atomic mass is 9.93. The van der Waals surface area contributed by atoms with Crippen LogP contribution < -0.4 is 19.8 Å². The van der Waals surface area contributed by atoms with Gasteiger partial charge in [0.2, 0.25) is 16.0 Å². The van der Waals surface area contributed by atoms with Crippen molar-refractivity contribution in [2.45, 2.75) is 45.6 Å². The molecule has 0 radical (unpaired) electrons. The number of rotatable bonds is 8. The summed E-state index contributed by atoms with van der Waals surface area (Å²) >= 11 is 0. The number of fused-ring (bicyclic) bond motifs is 1. The van der Waals surface area contributed by atoms with Gasteiger partial charge < -0.3 is 25.0 Å². The molecule has 0 unspecified atom stereocenters. The van der Waals surface area contributed by atoms with E-state index in [0.29, 0.717) is 40.8 Å². The molecule has 2 aliphatic heterocycles. The van der Waals surface area contributed by atoms with E-state index in [1.54, 1.807) is 6.07 Å². The Kier molecular flexibility index (Phi) is 7.13. The Morgan fingerprint density at radius 3 is 2.60 bits per heavy atom. The fourth-order valence-electron chi connectivity index (χ4n) is 5.70. The number of benzene rings is 1. The largest absolute Gasteiger partial charge is 0.395 e. The van der Waals surface area contributed by atoms with Crippen LogP contribution in [0.2, 0.25) is 0 Å². The Labute approximate surface area is 234 Å². The van der Waals surface area contributed by atoms with Crippen molar-refractivity contribution in [2.75, 3.05) is 65.0 Å². The van der Waals surface area contributed by atoms with Crippen LogP contribution in [-0.2, 0) is 14.8 Å². The van der Waals surface area contributed by atoms with Gasteiger partial charge in [-0.25, -0.2) is 23.4 Å². The summed E-state index contributed by atoms with van der Waals surface area (Å²) in [7, 11) is -3.70. The molecule has 3 aliphatic rings. The molecule has 1 saturated carbocycles. The molecular formula is C27H36N8O4S. The van der Waals surface area contributed by atoms with Gasteiger partial charge in [0.15, 0.2) is 0 Å². The van der Waals surface area contributed by atoms with E-state index >= 15 is 0 Å². The number of aliphatic hydroxyl groups excluding tert-OH is 1. The highest BCUT2D eigenvalue weighted by Crippen LogP contribution is 2.54. The van der Waals surface area contributed by atoms with Gasteiger partial charge in [-0.2, -0.15) is 4.98 Å². The SMILES string of the molecule is Cc1cc(Nc2ncnc3cc(NS(=O)(=O)CCO)cc(N4CCC5(CC4)CC5)c23)nc(N2CCO[C@H](C)C2)n1. The van der Waals surface area contributed by atoms with Gasteiger partial charge in [-0.1, -0.05) is 0 Å². The molecule has 1 atom stereocenters. The molecule has 1 aliphatic carbocycles. The molecule has 3 N–H and O–H groups in total. The van der Waals surface area contributed by atoms with Crippen LogP contribution in [0.25, 0.3) is 10.9 Å². The Morgan fingerprint density at radius 2 is 1.88 bits per heavy atom. The summed E-state index contributed by atoms with van der Waals surface area (Å²) in [5.74, 6) is 1.48. The van der Waals surface area contributed by atoms with Crippen LogP contribution >= 0.6 is 0 Å². The van der Waals surface area contributed by atoms with Gasteiger partial charge >= 0.3 is 0 Å². The second kappa shape index (κ2) is 10.6. The maximum absolute atomic E-state index is 12.5. The number of morpholine rings is 1. The number of anilines is 5. The lowest BCUT2D eigenvalue weighted by Gasteiger charge is -2.35. The molecule has 214 valence electrons. The van der Waals surface area contributed by atoms with Crippen molar-refractivity contribution >= 4 is 49.9 Å². The Bertz CT molecular complexity index is 1500. The first-order chi connectivity index (χ1) is 19.2. The minimum atomic E-state index is -3.70. The number of nitrogens with one attached hydrogen (secondary N) is 2. The van der Waals surface area contributed by atoms with Crippen molar-refractivity contribution in [1.82, 2.24) is 19.9 Å². The number of aromatic nitrogens is 4. The number of nitrogens with zero attached hydrogens (tertiary/aromatic N) is 6. The molecule has 4 heterocycles. The number of ether oxygens (including phenoxy) is 1. The first-order valence-electron chi connectivity index (χ1n) is 13.9. The normalized spacial score (nSPS) is 20.6. The molecule has 6 rings (SSSR count). The molecule has 40 heavy (non-hydrogen) atoms.